The van der Waals surface area contributed by atoms with Gasteiger partial charge in [0, 0.05) is 35.9 Å². The van der Waals surface area contributed by atoms with Gasteiger partial charge in [-0.15, -0.1) is 5.10 Å². The first-order valence-electron chi connectivity index (χ1n) is 11.3. The number of nitrogens with zero attached hydrogens (tertiary/aromatic N) is 3. The predicted molar refractivity (Wildman–Crippen MR) is 134 cm³/mol. The number of hydrogen-bond acceptors (Lipinski definition) is 7. The standard InChI is InChI=1S/C28H23N3O5/c1-17(32)31-28(20-13-14-25(35-18(2)33)26(15-20)34-3)36-27(30-31)22-16-24(19-9-5-4-6-10-19)29-23-12-8-7-11-21(22)23/h4-16,28H,1-3H3. The van der Waals surface area contributed by atoms with Crippen molar-refractivity contribution in [2.45, 2.75) is 20.1 Å². The molecule has 0 fully saturated rings. The van der Waals surface area contributed by atoms with E-state index in [0.29, 0.717) is 17.2 Å². The zero-order chi connectivity index (χ0) is 25.2. The van der Waals surface area contributed by atoms with Gasteiger partial charge in [0.1, 0.15) is 0 Å². The lowest BCUT2D eigenvalue weighted by Crippen LogP contribution is -2.25. The van der Waals surface area contributed by atoms with Crippen LogP contribution in [-0.4, -0.2) is 34.9 Å². The van der Waals surface area contributed by atoms with E-state index in [4.69, 9.17) is 19.2 Å². The number of hydrazone groups is 1. The molecule has 36 heavy (non-hydrogen) atoms. The van der Waals surface area contributed by atoms with Crippen LogP contribution in [0.2, 0.25) is 0 Å². The summed E-state index contributed by atoms with van der Waals surface area (Å²) in [6.45, 7) is 2.74. The van der Waals surface area contributed by atoms with E-state index in [1.165, 1.54) is 26.0 Å². The number of aromatic nitrogens is 1. The molecule has 0 radical (unpaired) electrons. The van der Waals surface area contributed by atoms with Gasteiger partial charge >= 0.3 is 5.97 Å². The summed E-state index contributed by atoms with van der Waals surface area (Å²) in [7, 11) is 1.47. The fourth-order valence-corrected chi connectivity index (χ4v) is 4.08. The molecule has 3 aromatic carbocycles. The molecule has 1 aliphatic rings. The molecule has 1 unspecified atom stereocenters. The van der Waals surface area contributed by atoms with E-state index in [1.54, 1.807) is 18.2 Å². The monoisotopic (exact) mass is 481 g/mol. The van der Waals surface area contributed by atoms with Crippen molar-refractivity contribution in [3.05, 3.63) is 90.0 Å². The Morgan fingerprint density at radius 3 is 2.39 bits per heavy atom. The second kappa shape index (κ2) is 9.50. The first-order chi connectivity index (χ1) is 17.4. The summed E-state index contributed by atoms with van der Waals surface area (Å²) in [4.78, 5) is 28.8. The van der Waals surface area contributed by atoms with Crippen molar-refractivity contribution in [1.82, 2.24) is 9.99 Å². The van der Waals surface area contributed by atoms with Crippen LogP contribution in [0, 0.1) is 0 Å². The molecular weight excluding hydrogens is 458 g/mol. The van der Waals surface area contributed by atoms with Crippen molar-refractivity contribution in [3.63, 3.8) is 0 Å². The third kappa shape index (κ3) is 4.36. The number of carbonyl (C=O) groups excluding carboxylic acids is 2. The summed E-state index contributed by atoms with van der Waals surface area (Å²) in [6, 6.07) is 24.4. The number of ether oxygens (including phenoxy) is 3. The Hall–Kier alpha value is -4.72. The Labute approximate surface area is 207 Å². The van der Waals surface area contributed by atoms with Crippen molar-refractivity contribution < 1.29 is 23.8 Å². The number of rotatable bonds is 5. The van der Waals surface area contributed by atoms with Gasteiger partial charge in [-0.25, -0.2) is 4.98 Å². The minimum Gasteiger partial charge on any atom is -0.493 e. The minimum atomic E-state index is -0.829. The molecular formula is C28H23N3O5. The van der Waals surface area contributed by atoms with E-state index >= 15 is 0 Å². The Kier molecular flexibility index (Phi) is 6.08. The molecule has 0 bridgehead atoms. The molecule has 5 rings (SSSR count). The summed E-state index contributed by atoms with van der Waals surface area (Å²) < 4.78 is 16.9. The molecule has 0 saturated heterocycles. The highest BCUT2D eigenvalue weighted by Crippen LogP contribution is 2.37. The molecule has 0 saturated carbocycles. The summed E-state index contributed by atoms with van der Waals surface area (Å²) >= 11 is 0. The van der Waals surface area contributed by atoms with E-state index in [0.717, 1.165) is 27.7 Å². The molecule has 1 amide bonds. The molecule has 1 aromatic heterocycles. The van der Waals surface area contributed by atoms with E-state index in [1.807, 2.05) is 60.7 Å². The average molecular weight is 482 g/mol. The van der Waals surface area contributed by atoms with Gasteiger partial charge < -0.3 is 14.2 Å². The zero-order valence-electron chi connectivity index (χ0n) is 20.0. The average Bonchev–Trinajstić information content (AvgIpc) is 3.34. The largest absolute Gasteiger partial charge is 0.493 e. The Balaban J connectivity index is 1.58. The van der Waals surface area contributed by atoms with Gasteiger partial charge in [0.15, 0.2) is 11.5 Å². The Morgan fingerprint density at radius 2 is 1.67 bits per heavy atom. The molecule has 2 heterocycles. The van der Waals surface area contributed by atoms with Crippen LogP contribution in [0.3, 0.4) is 0 Å². The molecule has 1 aliphatic heterocycles. The maximum Gasteiger partial charge on any atom is 0.308 e. The van der Waals surface area contributed by atoms with Crippen LogP contribution in [0.25, 0.3) is 22.2 Å². The highest BCUT2D eigenvalue weighted by atomic mass is 16.6. The fraction of sp³-hybridized carbons (Fsp3) is 0.143. The lowest BCUT2D eigenvalue weighted by atomic mass is 10.0. The van der Waals surface area contributed by atoms with Gasteiger partial charge in [0.05, 0.1) is 18.3 Å². The third-order valence-corrected chi connectivity index (χ3v) is 5.71. The molecule has 8 heteroatoms. The maximum atomic E-state index is 12.6. The van der Waals surface area contributed by atoms with Gasteiger partial charge in [0.2, 0.25) is 18.0 Å². The van der Waals surface area contributed by atoms with Crippen molar-refractivity contribution in [2.24, 2.45) is 5.10 Å². The number of pyridine rings is 1. The molecule has 0 spiro atoms. The number of esters is 1. The van der Waals surface area contributed by atoms with E-state index < -0.39 is 12.2 Å². The molecule has 8 nitrogen and oxygen atoms in total. The van der Waals surface area contributed by atoms with Crippen molar-refractivity contribution in [2.75, 3.05) is 7.11 Å². The number of hydrogen-bond donors (Lipinski definition) is 0. The Bertz CT molecular complexity index is 1500. The number of para-hydroxylation sites is 1. The third-order valence-electron chi connectivity index (χ3n) is 5.71. The molecule has 1 atom stereocenters. The van der Waals surface area contributed by atoms with Gasteiger partial charge in [0.25, 0.3) is 0 Å². The van der Waals surface area contributed by atoms with Crippen molar-refractivity contribution >= 4 is 28.7 Å². The van der Waals surface area contributed by atoms with E-state index in [-0.39, 0.29) is 11.7 Å². The summed E-state index contributed by atoms with van der Waals surface area (Å²) in [6.07, 6.45) is -0.829. The summed E-state index contributed by atoms with van der Waals surface area (Å²) in [5, 5.41) is 6.69. The Morgan fingerprint density at radius 1 is 0.917 bits per heavy atom. The summed E-state index contributed by atoms with van der Waals surface area (Å²) in [5.41, 5.74) is 3.83. The fourth-order valence-electron chi connectivity index (χ4n) is 4.08. The SMILES string of the molecule is COc1cc(C2OC(c3cc(-c4ccccc4)nc4ccccc34)=NN2C(C)=O)ccc1OC(C)=O. The minimum absolute atomic E-state index is 0.273. The van der Waals surface area contributed by atoms with Gasteiger partial charge in [-0.05, 0) is 30.3 Å². The molecule has 180 valence electrons. The first-order valence-corrected chi connectivity index (χ1v) is 11.3. The lowest BCUT2D eigenvalue weighted by Gasteiger charge is -2.20. The van der Waals surface area contributed by atoms with Crippen LogP contribution in [0.5, 0.6) is 11.5 Å². The number of amides is 1. The summed E-state index contributed by atoms with van der Waals surface area (Å²) in [5.74, 6) is 0.153. The lowest BCUT2D eigenvalue weighted by molar-refractivity contribution is -0.135. The molecule has 0 N–H and O–H groups in total. The topological polar surface area (TPSA) is 90.3 Å². The van der Waals surface area contributed by atoms with Crippen LogP contribution in [0.1, 0.15) is 31.2 Å². The smallest absolute Gasteiger partial charge is 0.308 e. The second-order valence-electron chi connectivity index (χ2n) is 8.18. The van der Waals surface area contributed by atoms with Crippen LogP contribution in [0.15, 0.2) is 84.0 Å². The quantitative estimate of drug-likeness (QED) is 0.292. The van der Waals surface area contributed by atoms with Crippen molar-refractivity contribution in [1.29, 1.82) is 0 Å². The maximum absolute atomic E-state index is 12.6. The highest BCUT2D eigenvalue weighted by Gasteiger charge is 2.34. The number of carbonyl (C=O) groups is 2. The van der Waals surface area contributed by atoms with E-state index in [2.05, 4.69) is 5.10 Å². The van der Waals surface area contributed by atoms with Crippen LogP contribution >= 0.6 is 0 Å². The van der Waals surface area contributed by atoms with Crippen molar-refractivity contribution in [3.8, 4) is 22.8 Å². The predicted octanol–water partition coefficient (Wildman–Crippen LogP) is 5.07. The second-order valence-corrected chi connectivity index (χ2v) is 8.18. The number of fused-ring (bicyclic) bond motifs is 1. The normalized spacial score (nSPS) is 14.8. The van der Waals surface area contributed by atoms with Gasteiger partial charge in [-0.1, -0.05) is 48.5 Å². The van der Waals surface area contributed by atoms with E-state index in [9.17, 15) is 9.59 Å². The highest BCUT2D eigenvalue weighted by molar-refractivity contribution is 6.08. The van der Waals surface area contributed by atoms with Crippen LogP contribution < -0.4 is 9.47 Å². The number of methoxy groups -OCH3 is 1. The van der Waals surface area contributed by atoms with Gasteiger partial charge in [-0.3, -0.25) is 9.59 Å². The van der Waals surface area contributed by atoms with Gasteiger partial charge in [-0.2, -0.15) is 5.01 Å². The molecule has 4 aromatic rings. The zero-order valence-corrected chi connectivity index (χ0v) is 20.0. The number of benzene rings is 3. The van der Waals surface area contributed by atoms with Crippen LogP contribution in [-0.2, 0) is 14.3 Å². The molecule has 0 aliphatic carbocycles. The van der Waals surface area contributed by atoms with Crippen LogP contribution in [0.4, 0.5) is 0 Å². The first kappa shape index (κ1) is 23.0.